The first-order valence-electron chi connectivity index (χ1n) is 5.83. The van der Waals surface area contributed by atoms with Crippen LogP contribution in [0.3, 0.4) is 0 Å². The maximum atomic E-state index is 5.66. The summed E-state index contributed by atoms with van der Waals surface area (Å²) in [6.07, 6.45) is 2.68. The van der Waals surface area contributed by atoms with Gasteiger partial charge >= 0.3 is 0 Å². The Labute approximate surface area is 92.1 Å². The van der Waals surface area contributed by atoms with Crippen LogP contribution in [0.25, 0.3) is 0 Å². The minimum Gasteiger partial charge on any atom is -0.371 e. The van der Waals surface area contributed by atoms with E-state index in [9.17, 15) is 0 Å². The van der Waals surface area contributed by atoms with Crippen molar-refractivity contribution in [2.24, 2.45) is 11.7 Å². The van der Waals surface area contributed by atoms with Crippen LogP contribution in [0.15, 0.2) is 24.3 Å². The molecular weight excluding hydrogens is 184 g/mol. The van der Waals surface area contributed by atoms with Crippen molar-refractivity contribution in [3.8, 4) is 0 Å². The summed E-state index contributed by atoms with van der Waals surface area (Å²) in [5, 5.41) is 0. The highest BCUT2D eigenvalue weighted by Crippen LogP contribution is 2.23. The monoisotopic (exact) mass is 204 g/mol. The van der Waals surface area contributed by atoms with Gasteiger partial charge in [0.05, 0.1) is 0 Å². The quantitative estimate of drug-likeness (QED) is 0.801. The van der Waals surface area contributed by atoms with E-state index in [1.165, 1.54) is 37.2 Å². The molecule has 2 nitrogen and oxygen atoms in total. The Morgan fingerprint density at radius 1 is 1.47 bits per heavy atom. The molecular formula is C13H20N2. The van der Waals surface area contributed by atoms with Crippen LogP contribution < -0.4 is 10.6 Å². The van der Waals surface area contributed by atoms with Crippen LogP contribution in [-0.4, -0.2) is 13.1 Å². The largest absolute Gasteiger partial charge is 0.371 e. The molecule has 82 valence electrons. The molecule has 2 N–H and O–H groups in total. The molecule has 1 aliphatic rings. The molecule has 2 heteroatoms. The second kappa shape index (κ2) is 4.67. The van der Waals surface area contributed by atoms with Crippen LogP contribution in [0.5, 0.6) is 0 Å². The Morgan fingerprint density at radius 2 is 2.33 bits per heavy atom. The Morgan fingerprint density at radius 3 is 3.07 bits per heavy atom. The topological polar surface area (TPSA) is 29.3 Å². The van der Waals surface area contributed by atoms with Crippen LogP contribution in [0, 0.1) is 5.92 Å². The average molecular weight is 204 g/mol. The molecule has 0 amide bonds. The summed E-state index contributed by atoms with van der Waals surface area (Å²) in [5.74, 6) is 0.820. The fourth-order valence-electron chi connectivity index (χ4n) is 2.30. The summed E-state index contributed by atoms with van der Waals surface area (Å²) in [5.41, 5.74) is 8.22. The highest BCUT2D eigenvalue weighted by molar-refractivity contribution is 5.49. The predicted octanol–water partition coefficient (Wildman–Crippen LogP) is 2.38. The number of nitrogens with two attached hydrogens (primary N) is 1. The van der Waals surface area contributed by atoms with Gasteiger partial charge in [0.2, 0.25) is 0 Å². The molecule has 15 heavy (non-hydrogen) atoms. The molecule has 1 heterocycles. The van der Waals surface area contributed by atoms with Gasteiger partial charge in [-0.2, -0.15) is 0 Å². The number of nitrogens with zero attached hydrogens (tertiary/aromatic N) is 1. The van der Waals surface area contributed by atoms with Crippen molar-refractivity contribution in [3.05, 3.63) is 29.8 Å². The lowest BCUT2D eigenvalue weighted by Gasteiger charge is -2.33. The molecule has 0 radical (unpaired) electrons. The zero-order chi connectivity index (χ0) is 10.7. The summed E-state index contributed by atoms with van der Waals surface area (Å²) in [6, 6.07) is 8.61. The van der Waals surface area contributed by atoms with Gasteiger partial charge in [-0.1, -0.05) is 19.1 Å². The van der Waals surface area contributed by atoms with Crippen molar-refractivity contribution in [2.45, 2.75) is 26.3 Å². The number of hydrogen-bond donors (Lipinski definition) is 1. The Hall–Kier alpha value is -1.02. The molecule has 1 aromatic carbocycles. The molecule has 1 aromatic rings. The Bertz CT molecular complexity index is 322. The van der Waals surface area contributed by atoms with Crippen molar-refractivity contribution < 1.29 is 0 Å². The van der Waals surface area contributed by atoms with Gasteiger partial charge in [0.1, 0.15) is 0 Å². The van der Waals surface area contributed by atoms with Crippen molar-refractivity contribution in [1.29, 1.82) is 0 Å². The van der Waals surface area contributed by atoms with E-state index in [2.05, 4.69) is 36.1 Å². The third kappa shape index (κ3) is 2.51. The molecule has 1 fully saturated rings. The van der Waals surface area contributed by atoms with E-state index in [-0.39, 0.29) is 0 Å². The van der Waals surface area contributed by atoms with Gasteiger partial charge < -0.3 is 10.6 Å². The van der Waals surface area contributed by atoms with E-state index in [0.29, 0.717) is 6.54 Å². The zero-order valence-corrected chi connectivity index (χ0v) is 9.45. The Balaban J connectivity index is 2.13. The first kappa shape index (κ1) is 10.5. The van der Waals surface area contributed by atoms with Gasteiger partial charge in [-0.05, 0) is 36.5 Å². The minimum atomic E-state index is 0.636. The Kier molecular flexibility index (Phi) is 3.27. The molecule has 0 bridgehead atoms. The minimum absolute atomic E-state index is 0.636. The lowest BCUT2D eigenvalue weighted by molar-refractivity contribution is 0.447. The average Bonchev–Trinajstić information content (AvgIpc) is 2.29. The van der Waals surface area contributed by atoms with Crippen LogP contribution >= 0.6 is 0 Å². The van der Waals surface area contributed by atoms with Crippen molar-refractivity contribution in [3.63, 3.8) is 0 Å². The second-order valence-corrected chi connectivity index (χ2v) is 4.57. The summed E-state index contributed by atoms with van der Waals surface area (Å²) >= 11 is 0. The lowest BCUT2D eigenvalue weighted by Crippen LogP contribution is -2.34. The fraction of sp³-hybridized carbons (Fsp3) is 0.538. The molecule has 0 aliphatic carbocycles. The molecule has 1 unspecified atom stereocenters. The zero-order valence-electron chi connectivity index (χ0n) is 9.45. The molecule has 2 rings (SSSR count). The van der Waals surface area contributed by atoms with Crippen molar-refractivity contribution >= 4 is 5.69 Å². The van der Waals surface area contributed by atoms with E-state index in [0.717, 1.165) is 5.92 Å². The van der Waals surface area contributed by atoms with E-state index >= 15 is 0 Å². The van der Waals surface area contributed by atoms with Crippen molar-refractivity contribution in [1.82, 2.24) is 0 Å². The third-order valence-electron chi connectivity index (χ3n) is 3.17. The maximum Gasteiger partial charge on any atom is 0.0369 e. The van der Waals surface area contributed by atoms with Crippen molar-refractivity contribution in [2.75, 3.05) is 18.0 Å². The van der Waals surface area contributed by atoms with Crippen LogP contribution in [0.2, 0.25) is 0 Å². The normalized spacial score (nSPS) is 21.7. The second-order valence-electron chi connectivity index (χ2n) is 4.57. The van der Waals surface area contributed by atoms with E-state index < -0.39 is 0 Å². The number of anilines is 1. The predicted molar refractivity (Wildman–Crippen MR) is 64.9 cm³/mol. The summed E-state index contributed by atoms with van der Waals surface area (Å²) in [4.78, 5) is 2.48. The number of benzene rings is 1. The summed E-state index contributed by atoms with van der Waals surface area (Å²) in [7, 11) is 0. The van der Waals surface area contributed by atoms with Gasteiger partial charge in [0, 0.05) is 25.3 Å². The molecule has 1 saturated heterocycles. The van der Waals surface area contributed by atoms with Crippen LogP contribution in [-0.2, 0) is 6.54 Å². The van der Waals surface area contributed by atoms with Crippen LogP contribution in [0.1, 0.15) is 25.3 Å². The van der Waals surface area contributed by atoms with Gasteiger partial charge in [-0.3, -0.25) is 0 Å². The number of hydrogen-bond acceptors (Lipinski definition) is 2. The standard InChI is InChI=1S/C13H20N2/c1-11-4-3-7-15(10-11)13-6-2-5-12(8-13)9-14/h2,5-6,8,11H,3-4,7,9-10,14H2,1H3. The van der Waals surface area contributed by atoms with E-state index in [1.807, 2.05) is 0 Å². The third-order valence-corrected chi connectivity index (χ3v) is 3.17. The number of piperidine rings is 1. The van der Waals surface area contributed by atoms with Gasteiger partial charge in [0.15, 0.2) is 0 Å². The van der Waals surface area contributed by atoms with E-state index in [1.54, 1.807) is 0 Å². The molecule has 0 aromatic heterocycles. The maximum absolute atomic E-state index is 5.66. The number of rotatable bonds is 2. The van der Waals surface area contributed by atoms with Gasteiger partial charge in [0.25, 0.3) is 0 Å². The SMILES string of the molecule is CC1CCCN(c2cccc(CN)c2)C1. The summed E-state index contributed by atoms with van der Waals surface area (Å²) in [6.45, 7) is 5.35. The highest BCUT2D eigenvalue weighted by atomic mass is 15.1. The van der Waals surface area contributed by atoms with E-state index in [4.69, 9.17) is 5.73 Å². The van der Waals surface area contributed by atoms with Crippen LogP contribution in [0.4, 0.5) is 5.69 Å². The first-order valence-corrected chi connectivity index (χ1v) is 5.83. The smallest absolute Gasteiger partial charge is 0.0369 e. The first-order chi connectivity index (χ1) is 7.29. The van der Waals surface area contributed by atoms with Gasteiger partial charge in [-0.15, -0.1) is 0 Å². The fourth-order valence-corrected chi connectivity index (χ4v) is 2.30. The molecule has 1 aliphatic heterocycles. The highest BCUT2D eigenvalue weighted by Gasteiger charge is 2.16. The lowest BCUT2D eigenvalue weighted by atomic mass is 9.99. The summed E-state index contributed by atoms with van der Waals surface area (Å²) < 4.78 is 0. The van der Waals surface area contributed by atoms with Gasteiger partial charge in [-0.25, -0.2) is 0 Å². The molecule has 0 spiro atoms. The molecule has 0 saturated carbocycles. The molecule has 1 atom stereocenters.